The summed E-state index contributed by atoms with van der Waals surface area (Å²) in [4.78, 5) is 1.35. The Morgan fingerprint density at radius 3 is 3.00 bits per heavy atom. The Kier molecular flexibility index (Phi) is 4.29. The summed E-state index contributed by atoms with van der Waals surface area (Å²) in [6.07, 6.45) is 0.981. The highest BCUT2D eigenvalue weighted by atomic mass is 32.1. The molecule has 68 valence electrons. The molecule has 0 radical (unpaired) electrons. The second kappa shape index (κ2) is 5.30. The van der Waals surface area contributed by atoms with Gasteiger partial charge in [-0.3, -0.25) is 0 Å². The molecule has 1 heterocycles. The summed E-state index contributed by atoms with van der Waals surface area (Å²) < 4.78 is 0. The summed E-state index contributed by atoms with van der Waals surface area (Å²) in [5.41, 5.74) is 0. The van der Waals surface area contributed by atoms with Crippen molar-refractivity contribution < 1.29 is 5.11 Å². The fourth-order valence-electron chi connectivity index (χ4n) is 1.20. The third kappa shape index (κ3) is 2.93. The van der Waals surface area contributed by atoms with E-state index in [2.05, 4.69) is 16.8 Å². The molecule has 0 aliphatic heterocycles. The normalized spacial score (nSPS) is 13.2. The number of hydrogen-bond donors (Lipinski definition) is 2. The van der Waals surface area contributed by atoms with Gasteiger partial charge in [0.1, 0.15) is 0 Å². The molecule has 1 atom stereocenters. The molecule has 1 rings (SSSR count). The first-order valence-corrected chi connectivity index (χ1v) is 5.02. The van der Waals surface area contributed by atoms with E-state index in [1.807, 2.05) is 13.1 Å². The monoisotopic (exact) mass is 185 g/mol. The quantitative estimate of drug-likeness (QED) is 0.720. The lowest BCUT2D eigenvalue weighted by atomic mass is 10.1. The Morgan fingerprint density at radius 1 is 1.67 bits per heavy atom. The molecule has 0 aliphatic rings. The first-order valence-electron chi connectivity index (χ1n) is 4.14. The summed E-state index contributed by atoms with van der Waals surface area (Å²) in [6, 6.07) is 4.16. The van der Waals surface area contributed by atoms with Crippen LogP contribution in [-0.4, -0.2) is 25.3 Å². The van der Waals surface area contributed by atoms with Crippen molar-refractivity contribution in [2.24, 2.45) is 5.92 Å². The third-order valence-electron chi connectivity index (χ3n) is 1.82. The molecule has 3 heteroatoms. The van der Waals surface area contributed by atoms with Crippen LogP contribution in [0.4, 0.5) is 0 Å². The van der Waals surface area contributed by atoms with Crippen LogP contribution in [0.3, 0.4) is 0 Å². The molecule has 2 N–H and O–H groups in total. The van der Waals surface area contributed by atoms with Crippen molar-refractivity contribution in [1.82, 2.24) is 5.32 Å². The second-order valence-corrected chi connectivity index (χ2v) is 3.92. The van der Waals surface area contributed by atoms with Crippen molar-refractivity contribution in [3.05, 3.63) is 22.4 Å². The van der Waals surface area contributed by atoms with Gasteiger partial charge in [0.05, 0.1) is 0 Å². The molecule has 0 saturated carbocycles. The molecular formula is C9H15NOS. The SMILES string of the molecule is CNCC(CO)Cc1cccs1. The van der Waals surface area contributed by atoms with Crippen molar-refractivity contribution >= 4 is 11.3 Å². The van der Waals surface area contributed by atoms with Crippen LogP contribution >= 0.6 is 11.3 Å². The summed E-state index contributed by atoms with van der Waals surface area (Å²) in [6.45, 7) is 1.15. The van der Waals surface area contributed by atoms with Gasteiger partial charge in [-0.05, 0) is 30.8 Å². The Morgan fingerprint density at radius 2 is 2.50 bits per heavy atom. The van der Waals surface area contributed by atoms with Crippen LogP contribution in [0.2, 0.25) is 0 Å². The maximum Gasteiger partial charge on any atom is 0.0474 e. The molecule has 0 amide bonds. The van der Waals surface area contributed by atoms with E-state index >= 15 is 0 Å². The number of thiophene rings is 1. The molecule has 2 nitrogen and oxygen atoms in total. The summed E-state index contributed by atoms with van der Waals surface area (Å²) >= 11 is 1.75. The number of hydrogen-bond acceptors (Lipinski definition) is 3. The highest BCUT2D eigenvalue weighted by Gasteiger charge is 2.07. The Hall–Kier alpha value is -0.380. The van der Waals surface area contributed by atoms with Gasteiger partial charge in [0, 0.05) is 18.0 Å². The lowest BCUT2D eigenvalue weighted by molar-refractivity contribution is 0.224. The largest absolute Gasteiger partial charge is 0.396 e. The predicted octanol–water partition coefficient (Wildman–Crippen LogP) is 1.12. The minimum absolute atomic E-state index is 0.263. The van der Waals surface area contributed by atoms with Gasteiger partial charge < -0.3 is 10.4 Å². The van der Waals surface area contributed by atoms with Crippen LogP contribution in [-0.2, 0) is 6.42 Å². The van der Waals surface area contributed by atoms with Gasteiger partial charge in [-0.25, -0.2) is 0 Å². The third-order valence-corrected chi connectivity index (χ3v) is 2.72. The van der Waals surface area contributed by atoms with Crippen molar-refractivity contribution in [2.45, 2.75) is 6.42 Å². The summed E-state index contributed by atoms with van der Waals surface area (Å²) in [5.74, 6) is 0.355. The zero-order chi connectivity index (χ0) is 8.81. The van der Waals surface area contributed by atoms with Gasteiger partial charge in [0.2, 0.25) is 0 Å². The standard InChI is InChI=1S/C9H15NOS/c1-10-6-8(7-11)5-9-3-2-4-12-9/h2-4,8,10-11H,5-7H2,1H3. The lowest BCUT2D eigenvalue weighted by Crippen LogP contribution is -2.23. The minimum atomic E-state index is 0.263. The maximum atomic E-state index is 9.02. The molecule has 12 heavy (non-hydrogen) atoms. The van der Waals surface area contributed by atoms with E-state index in [0.717, 1.165) is 13.0 Å². The van der Waals surface area contributed by atoms with Crippen molar-refractivity contribution in [2.75, 3.05) is 20.2 Å². The Labute approximate surface area is 77.2 Å². The molecule has 0 aromatic carbocycles. The number of aliphatic hydroxyl groups is 1. The number of aliphatic hydroxyl groups excluding tert-OH is 1. The van der Waals surface area contributed by atoms with Gasteiger partial charge in [-0.15, -0.1) is 11.3 Å². The van der Waals surface area contributed by atoms with E-state index in [0.29, 0.717) is 5.92 Å². The molecule has 1 unspecified atom stereocenters. The molecule has 0 saturated heterocycles. The van der Waals surface area contributed by atoms with Gasteiger partial charge in [-0.2, -0.15) is 0 Å². The zero-order valence-corrected chi connectivity index (χ0v) is 8.10. The molecule has 0 fully saturated rings. The maximum absolute atomic E-state index is 9.02. The van der Waals surface area contributed by atoms with Crippen LogP contribution in [0.25, 0.3) is 0 Å². The Bertz CT molecular complexity index is 198. The van der Waals surface area contributed by atoms with Crippen LogP contribution in [0.1, 0.15) is 4.88 Å². The van der Waals surface area contributed by atoms with Gasteiger partial charge in [-0.1, -0.05) is 6.07 Å². The highest BCUT2D eigenvalue weighted by Crippen LogP contribution is 2.13. The summed E-state index contributed by atoms with van der Waals surface area (Å²) in [5, 5.41) is 14.2. The van der Waals surface area contributed by atoms with Crippen LogP contribution in [0.15, 0.2) is 17.5 Å². The molecular weight excluding hydrogens is 170 g/mol. The molecule has 1 aromatic heterocycles. The average molecular weight is 185 g/mol. The topological polar surface area (TPSA) is 32.3 Å². The van der Waals surface area contributed by atoms with Crippen LogP contribution in [0.5, 0.6) is 0 Å². The van der Waals surface area contributed by atoms with E-state index in [1.54, 1.807) is 11.3 Å². The molecule has 0 aliphatic carbocycles. The Balaban J connectivity index is 2.37. The van der Waals surface area contributed by atoms with E-state index in [4.69, 9.17) is 5.11 Å². The first kappa shape index (κ1) is 9.71. The van der Waals surface area contributed by atoms with E-state index in [1.165, 1.54) is 4.88 Å². The van der Waals surface area contributed by atoms with Crippen LogP contribution in [0, 0.1) is 5.92 Å². The molecule has 0 bridgehead atoms. The molecule has 1 aromatic rings. The minimum Gasteiger partial charge on any atom is -0.396 e. The van der Waals surface area contributed by atoms with E-state index in [9.17, 15) is 0 Å². The molecule has 0 spiro atoms. The first-order chi connectivity index (χ1) is 5.86. The van der Waals surface area contributed by atoms with Gasteiger partial charge in [0.25, 0.3) is 0 Å². The zero-order valence-electron chi connectivity index (χ0n) is 7.29. The fourth-order valence-corrected chi connectivity index (χ4v) is 2.02. The number of rotatable bonds is 5. The van der Waals surface area contributed by atoms with Crippen molar-refractivity contribution in [1.29, 1.82) is 0 Å². The predicted molar refractivity (Wildman–Crippen MR) is 52.5 cm³/mol. The van der Waals surface area contributed by atoms with E-state index < -0.39 is 0 Å². The fraction of sp³-hybridized carbons (Fsp3) is 0.556. The van der Waals surface area contributed by atoms with Crippen molar-refractivity contribution in [3.8, 4) is 0 Å². The highest BCUT2D eigenvalue weighted by molar-refractivity contribution is 7.09. The van der Waals surface area contributed by atoms with Crippen LogP contribution < -0.4 is 5.32 Å². The smallest absolute Gasteiger partial charge is 0.0474 e. The average Bonchev–Trinajstić information content (AvgIpc) is 2.56. The number of nitrogens with one attached hydrogen (secondary N) is 1. The van der Waals surface area contributed by atoms with E-state index in [-0.39, 0.29) is 6.61 Å². The van der Waals surface area contributed by atoms with Gasteiger partial charge >= 0.3 is 0 Å². The second-order valence-electron chi connectivity index (χ2n) is 2.89. The summed E-state index contributed by atoms with van der Waals surface area (Å²) in [7, 11) is 1.91. The van der Waals surface area contributed by atoms with Crippen molar-refractivity contribution in [3.63, 3.8) is 0 Å². The van der Waals surface area contributed by atoms with Gasteiger partial charge in [0.15, 0.2) is 0 Å². The lowest BCUT2D eigenvalue weighted by Gasteiger charge is -2.11.